The number of nitro groups is 1. The largest absolute Gasteiger partial charge is 0.338 e. The van der Waals surface area contributed by atoms with Gasteiger partial charge in [-0.2, -0.15) is 0 Å². The first-order valence-corrected chi connectivity index (χ1v) is 12.2. The second kappa shape index (κ2) is 10.7. The Morgan fingerprint density at radius 2 is 1.76 bits per heavy atom. The molecule has 0 aliphatic carbocycles. The maximum atomic E-state index is 13.3. The fourth-order valence-corrected chi connectivity index (χ4v) is 4.66. The summed E-state index contributed by atoms with van der Waals surface area (Å²) in [5.74, 6) is 0.430. The molecule has 1 heterocycles. The molecule has 0 spiro atoms. The van der Waals surface area contributed by atoms with E-state index in [-0.39, 0.29) is 11.6 Å². The van der Waals surface area contributed by atoms with Gasteiger partial charge < -0.3 is 10.6 Å². The lowest BCUT2D eigenvalue weighted by atomic mass is 9.96. The van der Waals surface area contributed by atoms with Crippen LogP contribution >= 0.6 is 27.7 Å². The molecule has 0 bridgehead atoms. The standard InChI is InChI=1S/C25H21BrN4O3S/c1-16-22(24(31)28-20-11-13-21(14-12-20)30(32)33)23(18-7-9-19(26)10-8-18)29-25(27-16)34-15-17-5-3-2-4-6-17/h2-14,23H,15H2,1H3,(H,27,29)(H,28,31). The molecule has 3 aromatic rings. The third-order valence-electron chi connectivity index (χ3n) is 5.20. The highest BCUT2D eigenvalue weighted by Crippen LogP contribution is 2.34. The number of benzene rings is 3. The van der Waals surface area contributed by atoms with E-state index >= 15 is 0 Å². The van der Waals surface area contributed by atoms with E-state index in [2.05, 4.69) is 38.7 Å². The molecule has 3 aromatic carbocycles. The molecule has 0 saturated heterocycles. The smallest absolute Gasteiger partial charge is 0.269 e. The molecule has 1 unspecified atom stereocenters. The zero-order valence-corrected chi connectivity index (χ0v) is 20.6. The number of hydrogen-bond acceptors (Lipinski definition) is 6. The number of halogens is 1. The number of nitro benzene ring substituents is 1. The van der Waals surface area contributed by atoms with Crippen LogP contribution in [0.1, 0.15) is 24.1 Å². The highest BCUT2D eigenvalue weighted by atomic mass is 79.9. The van der Waals surface area contributed by atoms with Crippen LogP contribution in [0.2, 0.25) is 0 Å². The zero-order chi connectivity index (χ0) is 24.1. The first-order chi connectivity index (χ1) is 16.4. The number of anilines is 1. The number of rotatable bonds is 6. The predicted octanol–water partition coefficient (Wildman–Crippen LogP) is 6.20. The molecule has 0 saturated carbocycles. The van der Waals surface area contributed by atoms with Crippen molar-refractivity contribution in [2.75, 3.05) is 5.32 Å². The van der Waals surface area contributed by atoms with Crippen LogP contribution in [0.25, 0.3) is 0 Å². The highest BCUT2D eigenvalue weighted by molar-refractivity contribution is 9.10. The van der Waals surface area contributed by atoms with Gasteiger partial charge in [0, 0.05) is 33.7 Å². The molecule has 0 aromatic heterocycles. The van der Waals surface area contributed by atoms with Crippen molar-refractivity contribution in [2.24, 2.45) is 4.99 Å². The molecular weight excluding hydrogens is 516 g/mol. The second-order valence-corrected chi connectivity index (χ2v) is 9.46. The van der Waals surface area contributed by atoms with Crippen molar-refractivity contribution in [1.82, 2.24) is 5.32 Å². The van der Waals surface area contributed by atoms with E-state index in [0.717, 1.165) is 21.0 Å². The maximum Gasteiger partial charge on any atom is 0.269 e. The van der Waals surface area contributed by atoms with E-state index in [1.807, 2.05) is 49.4 Å². The molecule has 1 atom stereocenters. The monoisotopic (exact) mass is 536 g/mol. The highest BCUT2D eigenvalue weighted by Gasteiger charge is 2.29. The third-order valence-corrected chi connectivity index (χ3v) is 6.69. The first kappa shape index (κ1) is 23.7. The lowest BCUT2D eigenvalue weighted by Crippen LogP contribution is -2.32. The van der Waals surface area contributed by atoms with E-state index in [1.54, 1.807) is 11.8 Å². The van der Waals surface area contributed by atoms with Crippen molar-refractivity contribution < 1.29 is 9.72 Å². The van der Waals surface area contributed by atoms with E-state index in [0.29, 0.717) is 17.0 Å². The van der Waals surface area contributed by atoms with Crippen molar-refractivity contribution in [1.29, 1.82) is 0 Å². The second-order valence-electron chi connectivity index (χ2n) is 7.58. The number of thioether (sulfide) groups is 1. The van der Waals surface area contributed by atoms with Gasteiger partial charge in [-0.25, -0.2) is 4.99 Å². The zero-order valence-electron chi connectivity index (χ0n) is 18.2. The van der Waals surface area contributed by atoms with Crippen LogP contribution in [0.3, 0.4) is 0 Å². The number of hydrogen-bond donors (Lipinski definition) is 2. The Balaban J connectivity index is 1.59. The van der Waals surface area contributed by atoms with Crippen molar-refractivity contribution in [2.45, 2.75) is 18.7 Å². The summed E-state index contributed by atoms with van der Waals surface area (Å²) in [5, 5.41) is 17.8. The summed E-state index contributed by atoms with van der Waals surface area (Å²) < 4.78 is 0.936. The Bertz CT molecular complexity index is 1260. The van der Waals surface area contributed by atoms with Crippen LogP contribution in [-0.4, -0.2) is 16.0 Å². The van der Waals surface area contributed by atoms with Gasteiger partial charge in [0.15, 0.2) is 5.17 Å². The third kappa shape index (κ3) is 5.73. The Kier molecular flexibility index (Phi) is 7.44. The van der Waals surface area contributed by atoms with Crippen molar-refractivity contribution >= 4 is 50.1 Å². The molecule has 34 heavy (non-hydrogen) atoms. The molecule has 7 nitrogen and oxygen atoms in total. The lowest BCUT2D eigenvalue weighted by molar-refractivity contribution is -0.384. The van der Waals surface area contributed by atoms with E-state index in [4.69, 9.17) is 4.99 Å². The molecule has 2 N–H and O–H groups in total. The van der Waals surface area contributed by atoms with Gasteiger partial charge in [0.1, 0.15) is 6.04 Å². The summed E-state index contributed by atoms with van der Waals surface area (Å²) in [6.07, 6.45) is 0. The average molecular weight is 537 g/mol. The molecule has 0 radical (unpaired) electrons. The van der Waals surface area contributed by atoms with Crippen LogP contribution in [0.5, 0.6) is 0 Å². The summed E-state index contributed by atoms with van der Waals surface area (Å²) >= 11 is 5.03. The minimum absolute atomic E-state index is 0.0369. The molecule has 1 amide bonds. The van der Waals surface area contributed by atoms with E-state index in [9.17, 15) is 14.9 Å². The molecule has 0 fully saturated rings. The fraction of sp³-hybridized carbons (Fsp3) is 0.120. The number of carbonyl (C=O) groups excluding carboxylic acids is 1. The van der Waals surface area contributed by atoms with Gasteiger partial charge in [0.25, 0.3) is 11.6 Å². The number of aliphatic imine (C=N–C) groups is 1. The number of carbonyl (C=O) groups is 1. The molecule has 9 heteroatoms. The quantitative estimate of drug-likeness (QED) is 0.288. The number of allylic oxidation sites excluding steroid dienone is 1. The van der Waals surface area contributed by atoms with Crippen molar-refractivity contribution in [3.05, 3.63) is 116 Å². The summed E-state index contributed by atoms with van der Waals surface area (Å²) in [5.41, 5.74) is 3.70. The van der Waals surface area contributed by atoms with E-state index < -0.39 is 11.0 Å². The number of nitrogens with one attached hydrogen (secondary N) is 2. The Morgan fingerprint density at radius 3 is 2.41 bits per heavy atom. The lowest BCUT2D eigenvalue weighted by Gasteiger charge is -2.26. The van der Waals surface area contributed by atoms with Crippen LogP contribution < -0.4 is 10.6 Å². The summed E-state index contributed by atoms with van der Waals surface area (Å²) in [7, 11) is 0. The minimum Gasteiger partial charge on any atom is -0.338 e. The van der Waals surface area contributed by atoms with Gasteiger partial charge >= 0.3 is 0 Å². The summed E-state index contributed by atoms with van der Waals surface area (Å²) in [6, 6.07) is 23.1. The van der Waals surface area contributed by atoms with E-state index in [1.165, 1.54) is 29.8 Å². The summed E-state index contributed by atoms with van der Waals surface area (Å²) in [4.78, 5) is 28.6. The Morgan fingerprint density at radius 1 is 1.09 bits per heavy atom. The van der Waals surface area contributed by atoms with Gasteiger partial charge in [-0.15, -0.1) is 0 Å². The number of amidine groups is 1. The molecular formula is C25H21BrN4O3S. The average Bonchev–Trinajstić information content (AvgIpc) is 2.83. The molecule has 1 aliphatic heterocycles. The van der Waals surface area contributed by atoms with Gasteiger partial charge in [0.2, 0.25) is 0 Å². The fourth-order valence-electron chi connectivity index (χ4n) is 3.49. The minimum atomic E-state index is -0.495. The summed E-state index contributed by atoms with van der Waals surface area (Å²) in [6.45, 7) is 1.86. The van der Waals surface area contributed by atoms with Gasteiger partial charge in [-0.1, -0.05) is 70.2 Å². The van der Waals surface area contributed by atoms with Crippen LogP contribution in [0, 0.1) is 10.1 Å². The first-order valence-electron chi connectivity index (χ1n) is 10.4. The maximum absolute atomic E-state index is 13.3. The van der Waals surface area contributed by atoms with Crippen molar-refractivity contribution in [3.8, 4) is 0 Å². The predicted molar refractivity (Wildman–Crippen MR) is 140 cm³/mol. The van der Waals surface area contributed by atoms with Crippen molar-refractivity contribution in [3.63, 3.8) is 0 Å². The molecule has 172 valence electrons. The van der Waals surface area contributed by atoms with Gasteiger partial charge in [-0.05, 0) is 42.3 Å². The Hall–Kier alpha value is -3.43. The van der Waals surface area contributed by atoms with Gasteiger partial charge in [-0.3, -0.25) is 14.9 Å². The molecule has 1 aliphatic rings. The number of non-ortho nitro benzene ring substituents is 1. The SMILES string of the molecule is CC1=C(C(=O)Nc2ccc([N+](=O)[O-])cc2)C(c2ccc(Br)cc2)N=C(SCc2ccccc2)N1. The van der Waals surface area contributed by atoms with Crippen LogP contribution in [-0.2, 0) is 10.5 Å². The van der Waals surface area contributed by atoms with Crippen LogP contribution in [0.15, 0.2) is 99.6 Å². The number of nitrogens with zero attached hydrogens (tertiary/aromatic N) is 2. The number of amides is 1. The molecule has 4 rings (SSSR count). The normalized spacial score (nSPS) is 15.4. The van der Waals surface area contributed by atoms with Gasteiger partial charge in [0.05, 0.1) is 10.5 Å². The Labute approximate surface area is 209 Å². The van der Waals surface area contributed by atoms with Crippen LogP contribution in [0.4, 0.5) is 11.4 Å². The topological polar surface area (TPSA) is 96.6 Å².